The quantitative estimate of drug-likeness (QED) is 0.490. The van der Waals surface area contributed by atoms with Gasteiger partial charge in [-0.15, -0.1) is 18.2 Å². The average Bonchev–Trinajstić information content (AvgIpc) is 2.04. The van der Waals surface area contributed by atoms with E-state index in [0.717, 1.165) is 0 Å². The maximum absolute atomic E-state index is 10.9. The summed E-state index contributed by atoms with van der Waals surface area (Å²) in [4.78, 5) is 21.6. The SMILES string of the molecule is C=CCC(N)(CC(=O)CCl)C(=O)O. The van der Waals surface area contributed by atoms with Gasteiger partial charge >= 0.3 is 5.97 Å². The molecule has 0 spiro atoms. The second-order valence-electron chi connectivity index (χ2n) is 2.80. The Morgan fingerprint density at radius 1 is 1.62 bits per heavy atom. The monoisotopic (exact) mass is 205 g/mol. The highest BCUT2D eigenvalue weighted by Gasteiger charge is 2.34. The van der Waals surface area contributed by atoms with Crippen molar-refractivity contribution in [1.29, 1.82) is 0 Å². The maximum Gasteiger partial charge on any atom is 0.324 e. The molecule has 1 atom stereocenters. The highest BCUT2D eigenvalue weighted by atomic mass is 35.5. The number of hydrogen-bond acceptors (Lipinski definition) is 3. The van der Waals surface area contributed by atoms with E-state index in [9.17, 15) is 9.59 Å². The number of Topliss-reactive ketones (excluding diaryl/α,β-unsaturated/α-hetero) is 1. The Labute approximate surface area is 81.4 Å². The van der Waals surface area contributed by atoms with Crippen molar-refractivity contribution in [3.63, 3.8) is 0 Å². The Morgan fingerprint density at radius 2 is 2.15 bits per heavy atom. The zero-order valence-corrected chi connectivity index (χ0v) is 7.88. The summed E-state index contributed by atoms with van der Waals surface area (Å²) in [6, 6.07) is 0. The van der Waals surface area contributed by atoms with E-state index in [1.165, 1.54) is 6.08 Å². The van der Waals surface area contributed by atoms with Crippen molar-refractivity contribution in [1.82, 2.24) is 0 Å². The van der Waals surface area contributed by atoms with Crippen LogP contribution in [0.5, 0.6) is 0 Å². The minimum atomic E-state index is -1.56. The van der Waals surface area contributed by atoms with Crippen LogP contribution in [-0.2, 0) is 9.59 Å². The van der Waals surface area contributed by atoms with Gasteiger partial charge in [-0.05, 0) is 6.42 Å². The molecule has 3 N–H and O–H groups in total. The van der Waals surface area contributed by atoms with Crippen molar-refractivity contribution in [3.05, 3.63) is 12.7 Å². The lowest BCUT2D eigenvalue weighted by Gasteiger charge is -2.21. The molecule has 0 rings (SSSR count). The number of carboxylic acids is 1. The summed E-state index contributed by atoms with van der Waals surface area (Å²) >= 11 is 5.24. The van der Waals surface area contributed by atoms with Gasteiger partial charge in [0.1, 0.15) is 11.3 Å². The molecule has 0 bridgehead atoms. The van der Waals surface area contributed by atoms with Crippen LogP contribution in [0, 0.1) is 0 Å². The van der Waals surface area contributed by atoms with Crippen molar-refractivity contribution in [2.45, 2.75) is 18.4 Å². The summed E-state index contributed by atoms with van der Waals surface area (Å²) < 4.78 is 0. The third-order valence-electron chi connectivity index (χ3n) is 1.60. The number of nitrogens with two attached hydrogens (primary N) is 1. The normalized spacial score (nSPS) is 14.6. The van der Waals surface area contributed by atoms with Gasteiger partial charge in [-0.25, -0.2) is 0 Å². The van der Waals surface area contributed by atoms with Gasteiger partial charge in [0.15, 0.2) is 0 Å². The molecule has 0 saturated carbocycles. The molecule has 0 aromatic heterocycles. The van der Waals surface area contributed by atoms with Crippen LogP contribution in [0.1, 0.15) is 12.8 Å². The number of alkyl halides is 1. The van der Waals surface area contributed by atoms with E-state index in [2.05, 4.69) is 6.58 Å². The highest BCUT2D eigenvalue weighted by Crippen LogP contribution is 2.14. The first-order valence-corrected chi connectivity index (χ1v) is 4.20. The molecule has 1 unspecified atom stereocenters. The van der Waals surface area contributed by atoms with Crippen molar-refractivity contribution in [3.8, 4) is 0 Å². The van der Waals surface area contributed by atoms with Gasteiger partial charge in [-0.1, -0.05) is 6.08 Å². The number of carbonyl (C=O) groups is 2. The molecule has 0 radical (unpaired) electrons. The molecule has 4 nitrogen and oxygen atoms in total. The molecule has 0 aliphatic carbocycles. The Balaban J connectivity index is 4.49. The van der Waals surface area contributed by atoms with Gasteiger partial charge in [0, 0.05) is 6.42 Å². The molecule has 0 aliphatic rings. The fraction of sp³-hybridized carbons (Fsp3) is 0.500. The molecule has 0 saturated heterocycles. The molecule has 0 aromatic rings. The molecular formula is C8H12ClNO3. The van der Waals surface area contributed by atoms with Crippen molar-refractivity contribution in [2.75, 3.05) is 5.88 Å². The largest absolute Gasteiger partial charge is 0.480 e. The van der Waals surface area contributed by atoms with Crippen LogP contribution in [0.25, 0.3) is 0 Å². The third kappa shape index (κ3) is 3.57. The molecule has 0 aliphatic heterocycles. The topological polar surface area (TPSA) is 80.4 Å². The maximum atomic E-state index is 10.9. The molecule has 0 amide bonds. The second-order valence-corrected chi connectivity index (χ2v) is 3.07. The summed E-state index contributed by atoms with van der Waals surface area (Å²) in [5, 5.41) is 8.74. The molecule has 74 valence electrons. The number of hydrogen-bond donors (Lipinski definition) is 2. The van der Waals surface area contributed by atoms with Crippen LogP contribution < -0.4 is 5.73 Å². The van der Waals surface area contributed by atoms with E-state index >= 15 is 0 Å². The number of halogens is 1. The number of ketones is 1. The number of rotatable bonds is 6. The van der Waals surface area contributed by atoms with Crippen LogP contribution >= 0.6 is 11.6 Å². The summed E-state index contributed by atoms with van der Waals surface area (Å²) in [6.45, 7) is 3.37. The van der Waals surface area contributed by atoms with Crippen LogP contribution in [0.15, 0.2) is 12.7 Å². The first-order valence-electron chi connectivity index (χ1n) is 3.67. The van der Waals surface area contributed by atoms with Gasteiger partial charge in [0.25, 0.3) is 0 Å². The van der Waals surface area contributed by atoms with E-state index in [-0.39, 0.29) is 24.5 Å². The molecule has 0 aromatic carbocycles. The number of aliphatic carboxylic acids is 1. The van der Waals surface area contributed by atoms with Gasteiger partial charge in [-0.3, -0.25) is 9.59 Å². The first-order chi connectivity index (χ1) is 5.96. The lowest BCUT2D eigenvalue weighted by molar-refractivity contribution is -0.145. The smallest absolute Gasteiger partial charge is 0.324 e. The summed E-state index contributed by atoms with van der Waals surface area (Å²) in [7, 11) is 0. The third-order valence-corrected chi connectivity index (χ3v) is 1.89. The molecular weight excluding hydrogens is 194 g/mol. The van der Waals surface area contributed by atoms with Crippen LogP contribution in [-0.4, -0.2) is 28.3 Å². The molecule has 0 fully saturated rings. The Kier molecular flexibility index (Phi) is 4.66. The zero-order valence-electron chi connectivity index (χ0n) is 7.12. The Bertz CT molecular complexity index is 229. The lowest BCUT2D eigenvalue weighted by Crippen LogP contribution is -2.49. The first kappa shape index (κ1) is 12.1. The molecule has 5 heteroatoms. The van der Waals surface area contributed by atoms with E-state index in [1.54, 1.807) is 0 Å². The van der Waals surface area contributed by atoms with Gasteiger partial charge in [-0.2, -0.15) is 0 Å². The van der Waals surface area contributed by atoms with Crippen LogP contribution in [0.4, 0.5) is 0 Å². The van der Waals surface area contributed by atoms with Crippen molar-refractivity contribution in [2.24, 2.45) is 5.73 Å². The van der Waals surface area contributed by atoms with Gasteiger partial charge < -0.3 is 10.8 Å². The van der Waals surface area contributed by atoms with Crippen molar-refractivity contribution < 1.29 is 14.7 Å². The standard InChI is InChI=1S/C8H12ClNO3/c1-2-3-8(10,7(12)13)4-6(11)5-9/h2H,1,3-5,10H2,(H,12,13). The minimum absolute atomic E-state index is 0.0466. The Morgan fingerprint density at radius 3 is 2.46 bits per heavy atom. The van der Waals surface area contributed by atoms with E-state index in [4.69, 9.17) is 22.4 Å². The summed E-state index contributed by atoms with van der Waals surface area (Å²) in [6.07, 6.45) is 1.15. The van der Waals surface area contributed by atoms with Crippen LogP contribution in [0.3, 0.4) is 0 Å². The fourth-order valence-electron chi connectivity index (χ4n) is 0.892. The molecule has 0 heterocycles. The predicted molar refractivity (Wildman–Crippen MR) is 49.7 cm³/mol. The van der Waals surface area contributed by atoms with Crippen molar-refractivity contribution >= 4 is 23.4 Å². The predicted octanol–water partition coefficient (Wildman–Crippen LogP) is 0.543. The van der Waals surface area contributed by atoms with Gasteiger partial charge in [0.05, 0.1) is 5.88 Å². The Hall–Kier alpha value is -0.870. The fourth-order valence-corrected chi connectivity index (χ4v) is 0.986. The number of carboxylic acid groups (broad SMARTS) is 1. The molecule has 13 heavy (non-hydrogen) atoms. The van der Waals surface area contributed by atoms with E-state index < -0.39 is 11.5 Å². The lowest BCUT2D eigenvalue weighted by atomic mass is 9.91. The highest BCUT2D eigenvalue weighted by molar-refractivity contribution is 6.27. The summed E-state index contributed by atoms with van der Waals surface area (Å²) in [5.41, 5.74) is 3.92. The van der Waals surface area contributed by atoms with Gasteiger partial charge in [0.2, 0.25) is 0 Å². The van der Waals surface area contributed by atoms with Crippen LogP contribution in [0.2, 0.25) is 0 Å². The zero-order chi connectivity index (χ0) is 10.5. The second kappa shape index (κ2) is 4.99. The van der Waals surface area contributed by atoms with E-state index in [0.29, 0.717) is 0 Å². The average molecular weight is 206 g/mol. The summed E-state index contributed by atoms with van der Waals surface area (Å²) in [5.74, 6) is -1.82. The van der Waals surface area contributed by atoms with E-state index in [1.807, 2.05) is 0 Å². The number of carbonyl (C=O) groups excluding carboxylic acids is 1. The minimum Gasteiger partial charge on any atom is -0.480 e.